The zero-order chi connectivity index (χ0) is 17.9. The van der Waals surface area contributed by atoms with E-state index in [0.717, 1.165) is 18.4 Å². The van der Waals surface area contributed by atoms with E-state index in [9.17, 15) is 19.8 Å². The van der Waals surface area contributed by atoms with Crippen molar-refractivity contribution in [1.82, 2.24) is 10.2 Å². The predicted octanol–water partition coefficient (Wildman–Crippen LogP) is 2.02. The molecule has 2 rings (SSSR count). The highest BCUT2D eigenvalue weighted by molar-refractivity contribution is 5.82. The van der Waals surface area contributed by atoms with E-state index in [1.807, 2.05) is 30.3 Å². The van der Waals surface area contributed by atoms with Crippen molar-refractivity contribution in [3.05, 3.63) is 35.9 Å². The van der Waals surface area contributed by atoms with Gasteiger partial charge >= 0.3 is 6.09 Å². The number of benzene rings is 1. The minimum Gasteiger partial charge on any atom is -0.465 e. The van der Waals surface area contributed by atoms with Crippen molar-refractivity contribution in [2.45, 2.75) is 63.8 Å². The monoisotopic (exact) mass is 334 g/mol. The van der Waals surface area contributed by atoms with E-state index in [1.165, 1.54) is 4.90 Å². The fourth-order valence-electron chi connectivity index (χ4n) is 2.81. The molecule has 0 saturated heterocycles. The maximum atomic E-state index is 12.3. The number of carbonyl (C=O) groups excluding carboxylic acids is 1. The van der Waals surface area contributed by atoms with E-state index < -0.39 is 29.7 Å². The number of hydrogen-bond acceptors (Lipinski definition) is 3. The molecule has 6 nitrogen and oxygen atoms in total. The molecule has 2 atom stereocenters. The Balaban J connectivity index is 2.27. The lowest BCUT2D eigenvalue weighted by Gasteiger charge is -2.41. The summed E-state index contributed by atoms with van der Waals surface area (Å²) < 4.78 is 0. The van der Waals surface area contributed by atoms with Crippen LogP contribution in [-0.4, -0.2) is 50.8 Å². The maximum Gasteiger partial charge on any atom is 0.408 e. The Bertz CT molecular complexity index is 578. The molecule has 0 bridgehead atoms. The Kier molecular flexibility index (Phi) is 5.49. The second-order valence-corrected chi connectivity index (χ2v) is 7.31. The smallest absolute Gasteiger partial charge is 0.408 e. The number of nitrogens with zero attached hydrogens (tertiary/aromatic N) is 1. The van der Waals surface area contributed by atoms with Gasteiger partial charge < -0.3 is 15.5 Å². The molecule has 1 aliphatic rings. The van der Waals surface area contributed by atoms with Crippen LogP contribution in [0.5, 0.6) is 0 Å². The van der Waals surface area contributed by atoms with E-state index >= 15 is 0 Å². The summed E-state index contributed by atoms with van der Waals surface area (Å²) in [6.45, 7) is 5.26. The molecule has 0 aliphatic heterocycles. The van der Waals surface area contributed by atoms with Gasteiger partial charge in [-0.15, -0.1) is 0 Å². The lowest BCUT2D eigenvalue weighted by Crippen LogP contribution is -2.59. The fourth-order valence-corrected chi connectivity index (χ4v) is 2.81. The van der Waals surface area contributed by atoms with Gasteiger partial charge in [0.25, 0.3) is 5.91 Å². The number of aliphatic hydroxyl groups is 1. The van der Waals surface area contributed by atoms with E-state index in [2.05, 4.69) is 5.32 Å². The largest absolute Gasteiger partial charge is 0.465 e. The molecule has 6 heteroatoms. The topological polar surface area (TPSA) is 89.9 Å². The van der Waals surface area contributed by atoms with Crippen molar-refractivity contribution >= 4 is 12.0 Å². The van der Waals surface area contributed by atoms with E-state index in [0.29, 0.717) is 0 Å². The fraction of sp³-hybridized carbons (Fsp3) is 0.556. The SMILES string of the molecule is CC(C)(C)N(C(=O)O)C(Cc1ccccc1)C(O)C(=O)NC1CC1. The lowest BCUT2D eigenvalue weighted by molar-refractivity contribution is -0.133. The van der Waals surface area contributed by atoms with Crippen molar-refractivity contribution < 1.29 is 19.8 Å². The molecule has 3 N–H and O–H groups in total. The molecule has 0 spiro atoms. The third-order valence-corrected chi connectivity index (χ3v) is 4.10. The maximum absolute atomic E-state index is 12.3. The zero-order valence-electron chi connectivity index (χ0n) is 14.4. The number of hydrogen-bond donors (Lipinski definition) is 3. The minimum absolute atomic E-state index is 0.109. The first-order valence-electron chi connectivity index (χ1n) is 8.25. The second-order valence-electron chi connectivity index (χ2n) is 7.31. The molecular weight excluding hydrogens is 308 g/mol. The zero-order valence-corrected chi connectivity index (χ0v) is 14.4. The molecule has 132 valence electrons. The first-order chi connectivity index (χ1) is 11.2. The third-order valence-electron chi connectivity index (χ3n) is 4.10. The van der Waals surface area contributed by atoms with Gasteiger partial charge in [-0.25, -0.2) is 4.79 Å². The van der Waals surface area contributed by atoms with Crippen LogP contribution in [0.15, 0.2) is 30.3 Å². The number of amides is 2. The van der Waals surface area contributed by atoms with Gasteiger partial charge in [-0.1, -0.05) is 30.3 Å². The second kappa shape index (κ2) is 7.21. The van der Waals surface area contributed by atoms with Crippen LogP contribution in [0.2, 0.25) is 0 Å². The molecule has 1 fully saturated rings. The number of rotatable bonds is 6. The molecule has 2 amide bonds. The minimum atomic E-state index is -1.42. The normalized spacial score (nSPS) is 17.0. The molecule has 0 aromatic heterocycles. The summed E-state index contributed by atoms with van der Waals surface area (Å²) in [4.78, 5) is 25.3. The van der Waals surface area contributed by atoms with Crippen molar-refractivity contribution in [3.8, 4) is 0 Å². The molecule has 1 aromatic rings. The van der Waals surface area contributed by atoms with Gasteiger partial charge in [0.2, 0.25) is 0 Å². The number of aliphatic hydroxyl groups excluding tert-OH is 1. The van der Waals surface area contributed by atoms with Crippen LogP contribution in [0.3, 0.4) is 0 Å². The molecule has 24 heavy (non-hydrogen) atoms. The van der Waals surface area contributed by atoms with Crippen LogP contribution in [0.1, 0.15) is 39.2 Å². The first-order valence-corrected chi connectivity index (χ1v) is 8.25. The van der Waals surface area contributed by atoms with Crippen LogP contribution >= 0.6 is 0 Å². The number of carboxylic acid groups (broad SMARTS) is 1. The van der Waals surface area contributed by atoms with Gasteiger partial charge in [0, 0.05) is 11.6 Å². The van der Waals surface area contributed by atoms with E-state index in [1.54, 1.807) is 20.8 Å². The predicted molar refractivity (Wildman–Crippen MR) is 90.7 cm³/mol. The average molecular weight is 334 g/mol. The van der Waals surface area contributed by atoms with Gasteiger partial charge in [0.05, 0.1) is 6.04 Å². The van der Waals surface area contributed by atoms with Crippen LogP contribution in [-0.2, 0) is 11.2 Å². The Labute approximate surface area is 142 Å². The van der Waals surface area contributed by atoms with E-state index in [4.69, 9.17) is 0 Å². The Morgan fingerprint density at radius 1 is 1.25 bits per heavy atom. The molecular formula is C18H26N2O4. The summed E-state index contributed by atoms with van der Waals surface area (Å²) in [6.07, 6.45) is -0.486. The highest BCUT2D eigenvalue weighted by atomic mass is 16.4. The Hall–Kier alpha value is -2.08. The van der Waals surface area contributed by atoms with Crippen molar-refractivity contribution in [2.24, 2.45) is 0 Å². The van der Waals surface area contributed by atoms with Gasteiger partial charge in [0.1, 0.15) is 0 Å². The van der Waals surface area contributed by atoms with Gasteiger partial charge in [-0.3, -0.25) is 9.69 Å². The molecule has 2 unspecified atom stereocenters. The van der Waals surface area contributed by atoms with Gasteiger partial charge in [0.15, 0.2) is 6.10 Å². The molecule has 1 aromatic carbocycles. The summed E-state index contributed by atoms with van der Waals surface area (Å²) in [6, 6.07) is 8.55. The van der Waals surface area contributed by atoms with Crippen molar-refractivity contribution in [2.75, 3.05) is 0 Å². The third kappa shape index (κ3) is 4.71. The molecule has 0 heterocycles. The van der Waals surface area contributed by atoms with Gasteiger partial charge in [-0.05, 0) is 45.6 Å². The number of nitrogens with one attached hydrogen (secondary N) is 1. The van der Waals surface area contributed by atoms with E-state index in [-0.39, 0.29) is 12.5 Å². The van der Waals surface area contributed by atoms with Crippen LogP contribution in [0, 0.1) is 0 Å². The quantitative estimate of drug-likeness (QED) is 0.742. The lowest BCUT2D eigenvalue weighted by atomic mass is 9.94. The highest BCUT2D eigenvalue weighted by Crippen LogP contribution is 2.24. The summed E-state index contributed by atoms with van der Waals surface area (Å²) in [5, 5.41) is 23.0. The Morgan fingerprint density at radius 2 is 1.83 bits per heavy atom. The molecule has 0 radical (unpaired) electrons. The summed E-state index contributed by atoms with van der Waals surface area (Å²) in [5.41, 5.74) is 0.128. The standard InChI is InChI=1S/C18H26N2O4/c1-18(2,3)20(17(23)24)14(11-12-7-5-4-6-8-12)15(21)16(22)19-13-9-10-13/h4-8,13-15,21H,9-11H2,1-3H3,(H,19,22)(H,23,24). The highest BCUT2D eigenvalue weighted by Gasteiger charge is 2.41. The molecule has 1 aliphatic carbocycles. The summed E-state index contributed by atoms with van der Waals surface area (Å²) in [7, 11) is 0. The van der Waals surface area contributed by atoms with Crippen LogP contribution in [0.25, 0.3) is 0 Å². The summed E-state index contributed by atoms with van der Waals surface area (Å²) in [5.74, 6) is -0.506. The number of carbonyl (C=O) groups is 2. The average Bonchev–Trinajstić information content (AvgIpc) is 3.29. The van der Waals surface area contributed by atoms with Crippen LogP contribution < -0.4 is 5.32 Å². The van der Waals surface area contributed by atoms with Gasteiger partial charge in [-0.2, -0.15) is 0 Å². The first kappa shape index (κ1) is 18.3. The van der Waals surface area contributed by atoms with Crippen LogP contribution in [0.4, 0.5) is 4.79 Å². The van der Waals surface area contributed by atoms with Crippen molar-refractivity contribution in [3.63, 3.8) is 0 Å². The molecule has 1 saturated carbocycles. The Morgan fingerprint density at radius 3 is 2.29 bits per heavy atom. The van der Waals surface area contributed by atoms with Crippen molar-refractivity contribution in [1.29, 1.82) is 0 Å². The summed E-state index contributed by atoms with van der Waals surface area (Å²) >= 11 is 0.